The molecular formula is C13H8FIO. The summed E-state index contributed by atoms with van der Waals surface area (Å²) in [5.74, 6) is -0.540. The molecule has 0 unspecified atom stereocenters. The number of ketones is 1. The molecule has 0 N–H and O–H groups in total. The molecule has 0 saturated carbocycles. The second kappa shape index (κ2) is 4.74. The third-order valence-corrected chi connectivity index (χ3v) is 3.15. The van der Waals surface area contributed by atoms with Crippen molar-refractivity contribution in [3.05, 3.63) is 69.0 Å². The first kappa shape index (κ1) is 11.3. The van der Waals surface area contributed by atoms with E-state index in [1.807, 2.05) is 12.1 Å². The molecule has 0 aliphatic carbocycles. The van der Waals surface area contributed by atoms with Gasteiger partial charge in [-0.05, 0) is 46.9 Å². The molecule has 0 saturated heterocycles. The minimum atomic E-state index is -0.392. The number of benzene rings is 2. The molecule has 0 spiro atoms. The first-order valence-electron chi connectivity index (χ1n) is 4.73. The van der Waals surface area contributed by atoms with Crippen molar-refractivity contribution in [3.8, 4) is 0 Å². The molecule has 2 aromatic rings. The molecule has 0 atom stereocenters. The lowest BCUT2D eigenvalue weighted by Gasteiger charge is -2.03. The highest BCUT2D eigenvalue weighted by Gasteiger charge is 2.11. The molecule has 0 heterocycles. The topological polar surface area (TPSA) is 17.1 Å². The predicted octanol–water partition coefficient (Wildman–Crippen LogP) is 3.66. The van der Waals surface area contributed by atoms with Crippen LogP contribution in [0, 0.1) is 9.39 Å². The zero-order chi connectivity index (χ0) is 11.5. The van der Waals surface area contributed by atoms with Gasteiger partial charge in [0.05, 0.1) is 0 Å². The first-order chi connectivity index (χ1) is 7.68. The van der Waals surface area contributed by atoms with Gasteiger partial charge in [0.1, 0.15) is 5.82 Å². The molecule has 0 aromatic heterocycles. The van der Waals surface area contributed by atoms with Gasteiger partial charge in [-0.1, -0.05) is 24.3 Å². The molecule has 0 aliphatic rings. The van der Waals surface area contributed by atoms with Crippen LogP contribution in [0.25, 0.3) is 0 Å². The van der Waals surface area contributed by atoms with Crippen molar-refractivity contribution in [2.75, 3.05) is 0 Å². The Morgan fingerprint density at radius 2 is 1.81 bits per heavy atom. The van der Waals surface area contributed by atoms with Crippen LogP contribution in [0.5, 0.6) is 0 Å². The second-order valence-electron chi connectivity index (χ2n) is 3.32. The maximum Gasteiger partial charge on any atom is 0.194 e. The predicted molar refractivity (Wildman–Crippen MR) is 69.0 cm³/mol. The first-order valence-corrected chi connectivity index (χ1v) is 5.81. The molecule has 0 fully saturated rings. The quantitative estimate of drug-likeness (QED) is 0.608. The number of carbonyl (C=O) groups excluding carboxylic acids is 1. The van der Waals surface area contributed by atoms with Crippen molar-refractivity contribution in [2.45, 2.75) is 0 Å². The van der Waals surface area contributed by atoms with Gasteiger partial charge in [-0.3, -0.25) is 4.79 Å². The minimum absolute atomic E-state index is 0.149. The van der Waals surface area contributed by atoms with Crippen molar-refractivity contribution in [1.29, 1.82) is 0 Å². The van der Waals surface area contributed by atoms with Crippen molar-refractivity contribution in [1.82, 2.24) is 0 Å². The fourth-order valence-electron chi connectivity index (χ4n) is 1.43. The van der Waals surface area contributed by atoms with Crippen LogP contribution >= 0.6 is 22.6 Å². The second-order valence-corrected chi connectivity index (χ2v) is 4.48. The summed E-state index contributed by atoms with van der Waals surface area (Å²) >= 11 is 2.10. The Hall–Kier alpha value is -1.23. The lowest BCUT2D eigenvalue weighted by molar-refractivity contribution is 0.103. The van der Waals surface area contributed by atoms with Crippen LogP contribution in [-0.2, 0) is 0 Å². The molecular weight excluding hydrogens is 318 g/mol. The van der Waals surface area contributed by atoms with Crippen molar-refractivity contribution in [3.63, 3.8) is 0 Å². The van der Waals surface area contributed by atoms with Gasteiger partial charge in [0.25, 0.3) is 0 Å². The SMILES string of the molecule is O=C(c1cccc(F)c1)c1ccccc1I. The van der Waals surface area contributed by atoms with E-state index in [0.717, 1.165) is 3.57 Å². The van der Waals surface area contributed by atoms with E-state index in [9.17, 15) is 9.18 Å². The van der Waals surface area contributed by atoms with E-state index in [1.165, 1.54) is 12.1 Å². The fourth-order valence-corrected chi connectivity index (χ4v) is 2.06. The average Bonchev–Trinajstić information content (AvgIpc) is 2.29. The van der Waals surface area contributed by atoms with E-state index < -0.39 is 5.82 Å². The lowest BCUT2D eigenvalue weighted by Crippen LogP contribution is -2.03. The van der Waals surface area contributed by atoms with Crippen LogP contribution in [-0.4, -0.2) is 5.78 Å². The maximum absolute atomic E-state index is 13.0. The van der Waals surface area contributed by atoms with Crippen LogP contribution < -0.4 is 0 Å². The van der Waals surface area contributed by atoms with Crippen LogP contribution in [0.4, 0.5) is 4.39 Å². The van der Waals surface area contributed by atoms with Crippen LogP contribution in [0.2, 0.25) is 0 Å². The van der Waals surface area contributed by atoms with Crippen molar-refractivity contribution < 1.29 is 9.18 Å². The summed E-state index contributed by atoms with van der Waals surface area (Å²) in [6.07, 6.45) is 0. The van der Waals surface area contributed by atoms with E-state index in [-0.39, 0.29) is 5.78 Å². The normalized spacial score (nSPS) is 10.1. The molecule has 1 nitrogen and oxygen atoms in total. The maximum atomic E-state index is 13.0. The Morgan fingerprint density at radius 3 is 2.50 bits per heavy atom. The standard InChI is InChI=1S/C13H8FIO/c14-10-5-3-4-9(8-10)13(16)11-6-1-2-7-12(11)15/h1-8H. The smallest absolute Gasteiger partial charge is 0.194 e. The highest BCUT2D eigenvalue weighted by molar-refractivity contribution is 14.1. The summed E-state index contributed by atoms with van der Waals surface area (Å²) in [6.45, 7) is 0. The Balaban J connectivity index is 2.44. The van der Waals surface area contributed by atoms with Gasteiger partial charge in [-0.25, -0.2) is 4.39 Å². The molecule has 3 heteroatoms. The molecule has 0 bridgehead atoms. The number of halogens is 2. The van der Waals surface area contributed by atoms with E-state index in [1.54, 1.807) is 24.3 Å². The van der Waals surface area contributed by atoms with Crippen molar-refractivity contribution in [2.24, 2.45) is 0 Å². The summed E-state index contributed by atoms with van der Waals surface area (Å²) in [7, 11) is 0. The molecule has 80 valence electrons. The van der Waals surface area contributed by atoms with Gasteiger partial charge in [-0.2, -0.15) is 0 Å². The molecule has 2 rings (SSSR count). The molecule has 16 heavy (non-hydrogen) atoms. The molecule has 0 amide bonds. The number of rotatable bonds is 2. The Bertz CT molecular complexity index is 537. The van der Waals surface area contributed by atoms with Crippen molar-refractivity contribution >= 4 is 28.4 Å². The fraction of sp³-hybridized carbons (Fsp3) is 0. The third kappa shape index (κ3) is 2.29. The number of hydrogen-bond acceptors (Lipinski definition) is 1. The highest BCUT2D eigenvalue weighted by atomic mass is 127. The monoisotopic (exact) mass is 326 g/mol. The zero-order valence-electron chi connectivity index (χ0n) is 8.28. The van der Waals surface area contributed by atoms with Gasteiger partial charge in [0.15, 0.2) is 5.78 Å². The van der Waals surface area contributed by atoms with Gasteiger partial charge in [-0.15, -0.1) is 0 Å². The van der Waals surface area contributed by atoms with E-state index >= 15 is 0 Å². The van der Waals surface area contributed by atoms with Crippen LogP contribution in [0.3, 0.4) is 0 Å². The van der Waals surface area contributed by atoms with Crippen LogP contribution in [0.1, 0.15) is 15.9 Å². The molecule has 0 radical (unpaired) electrons. The Morgan fingerprint density at radius 1 is 1.06 bits per heavy atom. The van der Waals surface area contributed by atoms with Gasteiger partial charge in [0.2, 0.25) is 0 Å². The zero-order valence-corrected chi connectivity index (χ0v) is 10.4. The van der Waals surface area contributed by atoms with E-state index in [4.69, 9.17) is 0 Å². The van der Waals surface area contributed by atoms with Gasteiger partial charge < -0.3 is 0 Å². The number of carbonyl (C=O) groups is 1. The number of hydrogen-bond donors (Lipinski definition) is 0. The largest absolute Gasteiger partial charge is 0.289 e. The van der Waals surface area contributed by atoms with E-state index in [2.05, 4.69) is 22.6 Å². The summed E-state index contributed by atoms with van der Waals surface area (Å²) in [4.78, 5) is 12.0. The minimum Gasteiger partial charge on any atom is -0.289 e. The average molecular weight is 326 g/mol. The van der Waals surface area contributed by atoms with E-state index in [0.29, 0.717) is 11.1 Å². The summed E-state index contributed by atoms with van der Waals surface area (Å²) in [5.41, 5.74) is 0.984. The third-order valence-electron chi connectivity index (χ3n) is 2.21. The van der Waals surface area contributed by atoms with Gasteiger partial charge in [0, 0.05) is 14.7 Å². The van der Waals surface area contributed by atoms with Crippen LogP contribution in [0.15, 0.2) is 48.5 Å². The summed E-state index contributed by atoms with van der Waals surface area (Å²) in [6, 6.07) is 13.0. The highest BCUT2D eigenvalue weighted by Crippen LogP contribution is 2.16. The summed E-state index contributed by atoms with van der Waals surface area (Å²) in [5, 5.41) is 0. The Labute approximate surface area is 106 Å². The molecule has 0 aliphatic heterocycles. The lowest BCUT2D eigenvalue weighted by atomic mass is 10.0. The van der Waals surface area contributed by atoms with Gasteiger partial charge >= 0.3 is 0 Å². The molecule has 2 aromatic carbocycles. The Kier molecular flexibility index (Phi) is 3.33. The summed E-state index contributed by atoms with van der Waals surface area (Å²) < 4.78 is 13.9.